The number of aromatic nitrogens is 2. The molecule has 1 aromatic heterocycles. The normalized spacial score (nSPS) is 22.5. The first kappa shape index (κ1) is 12.2. The summed E-state index contributed by atoms with van der Waals surface area (Å²) in [5, 5.41) is 3.63. The molecular weight excluding hydrogens is 224 g/mol. The molecule has 1 atom stereocenters. The molecule has 1 saturated carbocycles. The van der Waals surface area contributed by atoms with E-state index in [1.54, 1.807) is 0 Å². The van der Waals surface area contributed by atoms with Gasteiger partial charge in [0.15, 0.2) is 0 Å². The van der Waals surface area contributed by atoms with Gasteiger partial charge in [0.1, 0.15) is 0 Å². The molecule has 0 aromatic carbocycles. The first-order chi connectivity index (χ1) is 8.83. The quantitative estimate of drug-likeness (QED) is 0.833. The van der Waals surface area contributed by atoms with Gasteiger partial charge in [0, 0.05) is 31.4 Å². The lowest BCUT2D eigenvalue weighted by atomic mass is 10.3. The van der Waals surface area contributed by atoms with Gasteiger partial charge in [0.2, 0.25) is 0 Å². The maximum Gasteiger partial charge on any atom is 0.0951 e. The van der Waals surface area contributed by atoms with Crippen molar-refractivity contribution in [3.05, 3.63) is 18.2 Å². The third-order valence-corrected chi connectivity index (χ3v) is 4.05. The van der Waals surface area contributed by atoms with Crippen molar-refractivity contribution in [2.45, 2.75) is 51.2 Å². The molecule has 0 amide bonds. The molecule has 1 aromatic rings. The molecule has 2 fully saturated rings. The Bertz CT molecular complexity index is 377. The molecule has 1 unspecified atom stereocenters. The second-order valence-electron chi connectivity index (χ2n) is 5.81. The summed E-state index contributed by atoms with van der Waals surface area (Å²) in [6.45, 7) is 6.98. The maximum absolute atomic E-state index is 4.28. The Morgan fingerprint density at radius 2 is 2.17 bits per heavy atom. The zero-order valence-electron chi connectivity index (χ0n) is 11.3. The van der Waals surface area contributed by atoms with Crippen LogP contribution in [0.15, 0.2) is 12.5 Å². The zero-order chi connectivity index (χ0) is 12.4. The van der Waals surface area contributed by atoms with Crippen LogP contribution in [0.1, 0.15) is 44.3 Å². The molecule has 0 radical (unpaired) electrons. The molecule has 100 valence electrons. The van der Waals surface area contributed by atoms with E-state index in [0.717, 1.165) is 12.6 Å². The molecule has 0 bridgehead atoms. The summed E-state index contributed by atoms with van der Waals surface area (Å²) in [4.78, 5) is 6.84. The third-order valence-electron chi connectivity index (χ3n) is 4.05. The molecule has 1 aliphatic carbocycles. The van der Waals surface area contributed by atoms with E-state index in [0.29, 0.717) is 6.04 Å². The van der Waals surface area contributed by atoms with Crippen LogP contribution >= 0.6 is 0 Å². The molecule has 1 saturated heterocycles. The summed E-state index contributed by atoms with van der Waals surface area (Å²) < 4.78 is 2.34. The lowest BCUT2D eigenvalue weighted by Gasteiger charge is -2.21. The highest BCUT2D eigenvalue weighted by molar-refractivity contribution is 5.03. The topological polar surface area (TPSA) is 33.1 Å². The number of hydrogen-bond donors (Lipinski definition) is 1. The van der Waals surface area contributed by atoms with Crippen LogP contribution in [0, 0.1) is 0 Å². The van der Waals surface area contributed by atoms with Crippen LogP contribution in [0.5, 0.6) is 0 Å². The van der Waals surface area contributed by atoms with E-state index < -0.39 is 0 Å². The molecule has 4 nitrogen and oxygen atoms in total. The van der Waals surface area contributed by atoms with Crippen molar-refractivity contribution in [2.24, 2.45) is 0 Å². The molecule has 2 heterocycles. The standard InChI is InChI=1S/C14H24N4/c1-12(10-17-6-2-3-7-17)16-9-14-8-15-11-18(14)13-4-5-13/h8,11-13,16H,2-7,9-10H2,1H3. The molecule has 2 aliphatic rings. The predicted octanol–water partition coefficient (Wildman–Crippen LogP) is 1.79. The highest BCUT2D eigenvalue weighted by Crippen LogP contribution is 2.35. The minimum absolute atomic E-state index is 0.561. The summed E-state index contributed by atoms with van der Waals surface area (Å²) in [5.74, 6) is 0. The Morgan fingerprint density at radius 1 is 1.39 bits per heavy atom. The van der Waals surface area contributed by atoms with Gasteiger partial charge in [-0.25, -0.2) is 4.98 Å². The maximum atomic E-state index is 4.28. The van der Waals surface area contributed by atoms with Crippen molar-refractivity contribution in [3.63, 3.8) is 0 Å². The van der Waals surface area contributed by atoms with Crippen molar-refractivity contribution in [1.29, 1.82) is 0 Å². The van der Waals surface area contributed by atoms with Crippen LogP contribution in [0.25, 0.3) is 0 Å². The van der Waals surface area contributed by atoms with Crippen molar-refractivity contribution < 1.29 is 0 Å². The summed E-state index contributed by atoms with van der Waals surface area (Å²) >= 11 is 0. The number of rotatable bonds is 6. The second kappa shape index (κ2) is 5.41. The lowest BCUT2D eigenvalue weighted by Crippen LogP contribution is -2.37. The summed E-state index contributed by atoms with van der Waals surface area (Å²) in [6, 6.07) is 1.30. The minimum atomic E-state index is 0.561. The summed E-state index contributed by atoms with van der Waals surface area (Å²) in [5.41, 5.74) is 1.34. The number of nitrogens with one attached hydrogen (secondary N) is 1. The van der Waals surface area contributed by atoms with E-state index in [4.69, 9.17) is 0 Å². The van der Waals surface area contributed by atoms with E-state index in [-0.39, 0.29) is 0 Å². The average Bonchev–Trinajstić information content (AvgIpc) is 2.90. The Morgan fingerprint density at radius 3 is 2.89 bits per heavy atom. The van der Waals surface area contributed by atoms with Gasteiger partial charge in [0.25, 0.3) is 0 Å². The van der Waals surface area contributed by atoms with Crippen LogP contribution < -0.4 is 5.32 Å². The molecule has 18 heavy (non-hydrogen) atoms. The number of likely N-dealkylation sites (tertiary alicyclic amines) is 1. The summed E-state index contributed by atoms with van der Waals surface area (Å²) in [7, 11) is 0. The minimum Gasteiger partial charge on any atom is -0.330 e. The van der Waals surface area contributed by atoms with Gasteiger partial charge in [-0.05, 0) is 45.7 Å². The Labute approximate surface area is 109 Å². The van der Waals surface area contributed by atoms with Gasteiger partial charge >= 0.3 is 0 Å². The van der Waals surface area contributed by atoms with Crippen LogP contribution in [0.3, 0.4) is 0 Å². The molecular formula is C14H24N4. The molecule has 0 spiro atoms. The predicted molar refractivity (Wildman–Crippen MR) is 72.5 cm³/mol. The average molecular weight is 248 g/mol. The zero-order valence-corrected chi connectivity index (χ0v) is 11.3. The Hall–Kier alpha value is -0.870. The lowest BCUT2D eigenvalue weighted by molar-refractivity contribution is 0.297. The largest absolute Gasteiger partial charge is 0.330 e. The van der Waals surface area contributed by atoms with Gasteiger partial charge in [-0.1, -0.05) is 0 Å². The molecule has 1 aliphatic heterocycles. The highest BCUT2D eigenvalue weighted by Gasteiger charge is 2.25. The van der Waals surface area contributed by atoms with E-state index >= 15 is 0 Å². The van der Waals surface area contributed by atoms with E-state index in [1.807, 2.05) is 12.5 Å². The summed E-state index contributed by atoms with van der Waals surface area (Å²) in [6.07, 6.45) is 9.40. The second-order valence-corrected chi connectivity index (χ2v) is 5.81. The van der Waals surface area contributed by atoms with Crippen LogP contribution in [0.2, 0.25) is 0 Å². The van der Waals surface area contributed by atoms with Crippen LogP contribution in [-0.4, -0.2) is 40.1 Å². The SMILES string of the molecule is CC(CN1CCCC1)NCc1cncn1C1CC1. The molecule has 4 heteroatoms. The first-order valence-corrected chi connectivity index (χ1v) is 7.29. The third kappa shape index (κ3) is 2.93. The Balaban J connectivity index is 1.46. The molecule has 3 rings (SSSR count). The fraction of sp³-hybridized carbons (Fsp3) is 0.786. The van der Waals surface area contributed by atoms with E-state index in [2.05, 4.69) is 26.7 Å². The first-order valence-electron chi connectivity index (χ1n) is 7.29. The van der Waals surface area contributed by atoms with Gasteiger partial charge in [0.05, 0.1) is 12.0 Å². The number of hydrogen-bond acceptors (Lipinski definition) is 3. The van der Waals surface area contributed by atoms with Gasteiger partial charge in [-0.3, -0.25) is 0 Å². The van der Waals surface area contributed by atoms with Crippen LogP contribution in [-0.2, 0) is 6.54 Å². The van der Waals surface area contributed by atoms with Gasteiger partial charge in [-0.2, -0.15) is 0 Å². The number of nitrogens with zero attached hydrogens (tertiary/aromatic N) is 3. The number of imidazole rings is 1. The Kier molecular flexibility index (Phi) is 3.66. The van der Waals surface area contributed by atoms with Gasteiger partial charge in [-0.15, -0.1) is 0 Å². The van der Waals surface area contributed by atoms with Gasteiger partial charge < -0.3 is 14.8 Å². The van der Waals surface area contributed by atoms with Crippen molar-refractivity contribution in [2.75, 3.05) is 19.6 Å². The fourth-order valence-electron chi connectivity index (χ4n) is 2.85. The van der Waals surface area contributed by atoms with Crippen molar-refractivity contribution in [1.82, 2.24) is 19.8 Å². The van der Waals surface area contributed by atoms with Crippen molar-refractivity contribution in [3.8, 4) is 0 Å². The van der Waals surface area contributed by atoms with E-state index in [9.17, 15) is 0 Å². The van der Waals surface area contributed by atoms with Crippen LogP contribution in [0.4, 0.5) is 0 Å². The highest BCUT2D eigenvalue weighted by atomic mass is 15.2. The van der Waals surface area contributed by atoms with E-state index in [1.165, 1.54) is 51.0 Å². The van der Waals surface area contributed by atoms with Crippen molar-refractivity contribution >= 4 is 0 Å². The molecule has 1 N–H and O–H groups in total. The monoisotopic (exact) mass is 248 g/mol. The fourth-order valence-corrected chi connectivity index (χ4v) is 2.85. The smallest absolute Gasteiger partial charge is 0.0951 e.